The lowest BCUT2D eigenvalue weighted by atomic mass is 9.89. The molecule has 1 aromatic carbocycles. The van der Waals surface area contributed by atoms with Gasteiger partial charge in [0.05, 0.1) is 12.2 Å². The van der Waals surface area contributed by atoms with E-state index in [0.717, 1.165) is 24.9 Å². The largest absolute Gasteiger partial charge is 0.392 e. The van der Waals surface area contributed by atoms with E-state index in [2.05, 4.69) is 30.4 Å². The molecule has 0 aliphatic heterocycles. The second-order valence-electron chi connectivity index (χ2n) is 9.10. The molecule has 2 aliphatic carbocycles. The lowest BCUT2D eigenvalue weighted by molar-refractivity contribution is -0.128. The smallest absolute Gasteiger partial charge is 0.223 e. The fourth-order valence-electron chi connectivity index (χ4n) is 4.81. The molecule has 0 bridgehead atoms. The third-order valence-corrected chi connectivity index (χ3v) is 6.40. The Kier molecular flexibility index (Phi) is 7.87. The molecular weight excluding hydrogens is 376 g/mol. The molecule has 0 spiro atoms. The molecule has 5 atom stereocenters. The highest BCUT2D eigenvalue weighted by Crippen LogP contribution is 2.47. The van der Waals surface area contributed by atoms with Gasteiger partial charge in [0.1, 0.15) is 0 Å². The highest BCUT2D eigenvalue weighted by molar-refractivity contribution is 5.75. The number of hydrogen-bond acceptors (Lipinski definition) is 4. The van der Waals surface area contributed by atoms with E-state index in [1.165, 1.54) is 11.1 Å². The maximum absolute atomic E-state index is 11.7. The highest BCUT2D eigenvalue weighted by atomic mass is 16.3. The van der Waals surface area contributed by atoms with Crippen LogP contribution in [0.1, 0.15) is 30.4 Å². The number of carbonyl (C=O) groups is 1. The molecule has 1 aromatic rings. The zero-order valence-electron chi connectivity index (χ0n) is 18.4. The van der Waals surface area contributed by atoms with E-state index in [0.29, 0.717) is 31.2 Å². The number of rotatable bonds is 9. The zero-order valence-corrected chi connectivity index (χ0v) is 18.4. The van der Waals surface area contributed by atoms with Crippen molar-refractivity contribution in [2.24, 2.45) is 17.8 Å². The Labute approximate surface area is 180 Å². The van der Waals surface area contributed by atoms with Crippen molar-refractivity contribution in [3.05, 3.63) is 59.2 Å². The van der Waals surface area contributed by atoms with Gasteiger partial charge in [-0.2, -0.15) is 0 Å². The van der Waals surface area contributed by atoms with Gasteiger partial charge in [0.15, 0.2) is 0 Å². The van der Waals surface area contributed by atoms with Gasteiger partial charge in [-0.1, -0.05) is 53.6 Å². The van der Waals surface area contributed by atoms with Crippen molar-refractivity contribution in [3.63, 3.8) is 0 Å². The molecule has 5 nitrogen and oxygen atoms in total. The third-order valence-electron chi connectivity index (χ3n) is 6.40. The van der Waals surface area contributed by atoms with Gasteiger partial charge >= 0.3 is 0 Å². The number of aliphatic hydroxyl groups excluding tert-OH is 2. The predicted octanol–water partition coefficient (Wildman–Crippen LogP) is 2.47. The molecule has 0 saturated heterocycles. The minimum absolute atomic E-state index is 0.0891. The van der Waals surface area contributed by atoms with Crippen molar-refractivity contribution in [1.82, 2.24) is 10.2 Å². The molecule has 1 amide bonds. The first kappa shape index (κ1) is 22.7. The number of fused-ring (bicyclic) bond motifs is 1. The fraction of sp³-hybridized carbons (Fsp3) is 0.560. The first-order chi connectivity index (χ1) is 14.3. The van der Waals surface area contributed by atoms with E-state index >= 15 is 0 Å². The van der Waals surface area contributed by atoms with Crippen molar-refractivity contribution >= 4 is 5.91 Å². The van der Waals surface area contributed by atoms with E-state index in [9.17, 15) is 15.0 Å². The predicted molar refractivity (Wildman–Crippen MR) is 120 cm³/mol. The van der Waals surface area contributed by atoms with Crippen LogP contribution in [0, 0.1) is 24.7 Å². The Morgan fingerprint density at radius 1 is 1.37 bits per heavy atom. The molecular formula is C25H36N2O3. The van der Waals surface area contributed by atoms with Crippen molar-refractivity contribution in [3.8, 4) is 0 Å². The number of allylic oxidation sites excluding steroid dienone is 1. The monoisotopic (exact) mass is 412 g/mol. The topological polar surface area (TPSA) is 72.8 Å². The summed E-state index contributed by atoms with van der Waals surface area (Å²) in [4.78, 5) is 13.3. The lowest BCUT2D eigenvalue weighted by Gasteiger charge is -2.19. The number of nitrogens with one attached hydrogen (secondary N) is 1. The summed E-state index contributed by atoms with van der Waals surface area (Å²) in [6, 6.07) is 8.21. The van der Waals surface area contributed by atoms with Crippen molar-refractivity contribution in [2.75, 3.05) is 27.2 Å². The van der Waals surface area contributed by atoms with Gasteiger partial charge in [0.2, 0.25) is 5.91 Å². The molecule has 1 saturated carbocycles. The number of amides is 1. The van der Waals surface area contributed by atoms with Gasteiger partial charge in [-0.05, 0) is 37.2 Å². The Bertz CT molecular complexity index is 786. The first-order valence-corrected chi connectivity index (χ1v) is 11.0. The van der Waals surface area contributed by atoms with Gasteiger partial charge < -0.3 is 20.4 Å². The summed E-state index contributed by atoms with van der Waals surface area (Å²) >= 11 is 0. The van der Waals surface area contributed by atoms with Crippen LogP contribution in [-0.2, 0) is 11.2 Å². The summed E-state index contributed by atoms with van der Waals surface area (Å²) in [6.45, 7) is 3.54. The summed E-state index contributed by atoms with van der Waals surface area (Å²) in [7, 11) is 3.56. The Morgan fingerprint density at radius 3 is 2.90 bits per heavy atom. The van der Waals surface area contributed by atoms with E-state index in [-0.39, 0.29) is 17.9 Å². The second kappa shape index (κ2) is 10.4. The van der Waals surface area contributed by atoms with Crippen molar-refractivity contribution < 1.29 is 15.0 Å². The van der Waals surface area contributed by atoms with Gasteiger partial charge in [-0.25, -0.2) is 0 Å². The number of carbonyl (C=O) groups excluding carboxylic acids is 1. The van der Waals surface area contributed by atoms with E-state index in [4.69, 9.17) is 0 Å². The summed E-state index contributed by atoms with van der Waals surface area (Å²) in [5.41, 5.74) is 3.69. The Morgan fingerprint density at radius 2 is 2.17 bits per heavy atom. The van der Waals surface area contributed by atoms with Crippen LogP contribution in [0.25, 0.3) is 0 Å². The third kappa shape index (κ3) is 6.03. The number of nitrogens with zero attached hydrogens (tertiary/aromatic N) is 1. The molecule has 2 aliphatic rings. The average molecular weight is 413 g/mol. The van der Waals surface area contributed by atoms with Crippen LogP contribution in [0.15, 0.2) is 48.1 Å². The van der Waals surface area contributed by atoms with Crippen molar-refractivity contribution in [2.45, 2.75) is 44.8 Å². The van der Waals surface area contributed by atoms with Crippen LogP contribution in [0.2, 0.25) is 0 Å². The second-order valence-corrected chi connectivity index (χ2v) is 9.10. The molecule has 1 fully saturated rings. The lowest BCUT2D eigenvalue weighted by Crippen LogP contribution is -2.27. The molecule has 0 aromatic heterocycles. The van der Waals surface area contributed by atoms with Crippen molar-refractivity contribution in [1.29, 1.82) is 0 Å². The Hall–Kier alpha value is -1.95. The quantitative estimate of drug-likeness (QED) is 0.430. The van der Waals surface area contributed by atoms with E-state index in [1.54, 1.807) is 19.0 Å². The summed E-state index contributed by atoms with van der Waals surface area (Å²) in [5, 5.41) is 24.3. The van der Waals surface area contributed by atoms with Crippen LogP contribution in [0.5, 0.6) is 0 Å². The zero-order chi connectivity index (χ0) is 21.7. The molecule has 0 heterocycles. The SMILES string of the molecule is Cc1cccc(C[C@H](O)C=C[C@@H]2[C@H]3CC(CNCCC(=O)N(C)C)=C[C@H]3C[C@H]2O)c1. The van der Waals surface area contributed by atoms with E-state index < -0.39 is 6.10 Å². The number of aliphatic hydroxyl groups is 2. The standard InChI is InChI=1S/C25H36N2O3/c1-17-5-4-6-18(11-17)13-21(28)7-8-22-23-14-19(12-20(23)15-24(22)29)16-26-10-9-25(30)27(2)3/h4-8,11-12,20-24,26,28-29H,9-10,13-16H2,1-3H3/t20-,21+,22+,23-,24+/m0/s1. The summed E-state index contributed by atoms with van der Waals surface area (Å²) in [5.74, 6) is 1.04. The van der Waals surface area contributed by atoms with Gasteiger partial charge in [-0.3, -0.25) is 4.79 Å². The maximum Gasteiger partial charge on any atom is 0.223 e. The highest BCUT2D eigenvalue weighted by Gasteiger charge is 2.43. The maximum atomic E-state index is 11.7. The first-order valence-electron chi connectivity index (χ1n) is 11.0. The number of benzene rings is 1. The van der Waals surface area contributed by atoms with Crippen LogP contribution in [0.3, 0.4) is 0 Å². The van der Waals surface area contributed by atoms with E-state index in [1.807, 2.05) is 24.3 Å². The van der Waals surface area contributed by atoms with Crippen LogP contribution < -0.4 is 5.32 Å². The van der Waals surface area contributed by atoms with Gasteiger partial charge in [-0.15, -0.1) is 0 Å². The normalized spacial score (nSPS) is 26.6. The molecule has 0 radical (unpaired) electrons. The average Bonchev–Trinajstić information content (AvgIpc) is 3.19. The minimum atomic E-state index is -0.539. The summed E-state index contributed by atoms with van der Waals surface area (Å²) < 4.78 is 0. The Balaban J connectivity index is 1.47. The molecule has 164 valence electrons. The van der Waals surface area contributed by atoms with Gasteiger partial charge in [0.25, 0.3) is 0 Å². The molecule has 3 rings (SSSR count). The fourth-order valence-corrected chi connectivity index (χ4v) is 4.81. The van der Waals surface area contributed by atoms with Gasteiger partial charge in [0, 0.05) is 45.9 Å². The molecule has 0 unspecified atom stereocenters. The summed E-state index contributed by atoms with van der Waals surface area (Å²) in [6.07, 6.45) is 8.19. The van der Waals surface area contributed by atoms with Crippen LogP contribution >= 0.6 is 0 Å². The number of aryl methyl sites for hydroxylation is 1. The molecule has 3 N–H and O–H groups in total. The number of hydrogen-bond donors (Lipinski definition) is 3. The molecule has 30 heavy (non-hydrogen) atoms. The van der Waals surface area contributed by atoms with Crippen LogP contribution in [-0.4, -0.2) is 60.4 Å². The van der Waals surface area contributed by atoms with Crippen LogP contribution in [0.4, 0.5) is 0 Å². The molecule has 5 heteroatoms. The minimum Gasteiger partial charge on any atom is -0.392 e.